The number of benzene rings is 1. The van der Waals surface area contributed by atoms with E-state index in [2.05, 4.69) is 15.6 Å². The van der Waals surface area contributed by atoms with Gasteiger partial charge in [0.15, 0.2) is 5.96 Å². The maximum atomic E-state index is 12.0. The summed E-state index contributed by atoms with van der Waals surface area (Å²) in [6.45, 7) is 2.42. The van der Waals surface area contributed by atoms with Gasteiger partial charge >= 0.3 is 6.18 Å². The molecule has 2 N–H and O–H groups in total. The predicted octanol–water partition coefficient (Wildman–Crippen LogP) is 4.30. The number of alkyl halides is 3. The average Bonchev–Trinajstić information content (AvgIpc) is 2.45. The molecule has 7 heteroatoms. The highest BCUT2D eigenvalue weighted by Gasteiger charge is 2.25. The SMILES string of the molecule is CN=C(NCCCCC(F)(F)F)NC(C)c1ccc(Cl)cc1. The van der Waals surface area contributed by atoms with Crippen LogP contribution in [0.5, 0.6) is 0 Å². The smallest absolute Gasteiger partial charge is 0.356 e. The molecule has 0 aliphatic rings. The molecule has 3 nitrogen and oxygen atoms in total. The molecule has 0 radical (unpaired) electrons. The van der Waals surface area contributed by atoms with Gasteiger partial charge in [-0.2, -0.15) is 13.2 Å². The molecule has 124 valence electrons. The molecule has 0 heterocycles. The van der Waals surface area contributed by atoms with E-state index in [0.29, 0.717) is 23.9 Å². The van der Waals surface area contributed by atoms with Crippen LogP contribution >= 0.6 is 11.6 Å². The van der Waals surface area contributed by atoms with Crippen molar-refractivity contribution < 1.29 is 13.2 Å². The third kappa shape index (κ3) is 7.54. The van der Waals surface area contributed by atoms with Gasteiger partial charge < -0.3 is 10.6 Å². The molecule has 0 aliphatic carbocycles. The first-order chi connectivity index (χ1) is 10.3. The van der Waals surface area contributed by atoms with Crippen molar-refractivity contribution in [3.8, 4) is 0 Å². The minimum Gasteiger partial charge on any atom is -0.356 e. The summed E-state index contributed by atoms with van der Waals surface area (Å²) >= 11 is 5.84. The summed E-state index contributed by atoms with van der Waals surface area (Å²) in [5.41, 5.74) is 1.05. The Labute approximate surface area is 134 Å². The zero-order chi connectivity index (χ0) is 16.6. The summed E-state index contributed by atoms with van der Waals surface area (Å²) < 4.78 is 36.1. The lowest BCUT2D eigenvalue weighted by Crippen LogP contribution is -2.39. The van der Waals surface area contributed by atoms with Gasteiger partial charge in [0.25, 0.3) is 0 Å². The normalized spacial score (nSPS) is 13.8. The molecule has 1 atom stereocenters. The number of hydrogen-bond acceptors (Lipinski definition) is 1. The van der Waals surface area contributed by atoms with Gasteiger partial charge in [0.05, 0.1) is 6.04 Å². The number of hydrogen-bond donors (Lipinski definition) is 2. The van der Waals surface area contributed by atoms with Gasteiger partial charge in [-0.05, 0) is 37.5 Å². The summed E-state index contributed by atoms with van der Waals surface area (Å²) in [4.78, 5) is 4.06. The lowest BCUT2D eigenvalue weighted by atomic mass is 10.1. The average molecular weight is 336 g/mol. The second kappa shape index (κ2) is 8.88. The van der Waals surface area contributed by atoms with E-state index in [9.17, 15) is 13.2 Å². The van der Waals surface area contributed by atoms with E-state index in [0.717, 1.165) is 5.56 Å². The summed E-state index contributed by atoms with van der Waals surface area (Å²) in [5.74, 6) is 0.564. The van der Waals surface area contributed by atoms with Crippen molar-refractivity contribution in [3.63, 3.8) is 0 Å². The van der Waals surface area contributed by atoms with Crippen molar-refractivity contribution in [3.05, 3.63) is 34.9 Å². The van der Waals surface area contributed by atoms with E-state index in [-0.39, 0.29) is 12.5 Å². The van der Waals surface area contributed by atoms with E-state index < -0.39 is 12.6 Å². The number of unbranched alkanes of at least 4 members (excludes halogenated alkanes) is 1. The van der Waals surface area contributed by atoms with E-state index in [1.165, 1.54) is 0 Å². The van der Waals surface area contributed by atoms with Crippen LogP contribution in [0.2, 0.25) is 5.02 Å². The first kappa shape index (κ1) is 18.6. The fraction of sp³-hybridized carbons (Fsp3) is 0.533. The largest absolute Gasteiger partial charge is 0.389 e. The standard InChI is InChI=1S/C15H21ClF3N3/c1-11(12-5-7-13(16)8-6-12)22-14(20-2)21-10-4-3-9-15(17,18)19/h5-8,11H,3-4,9-10H2,1-2H3,(H2,20,21,22). The molecule has 1 aromatic carbocycles. The topological polar surface area (TPSA) is 36.4 Å². The van der Waals surface area contributed by atoms with Gasteiger partial charge in [0, 0.05) is 25.0 Å². The highest BCUT2D eigenvalue weighted by molar-refractivity contribution is 6.30. The molecular weight excluding hydrogens is 315 g/mol. The Morgan fingerprint density at radius 2 is 1.86 bits per heavy atom. The molecule has 0 saturated carbocycles. The fourth-order valence-electron chi connectivity index (χ4n) is 1.89. The van der Waals surface area contributed by atoms with Crippen molar-refractivity contribution in [2.24, 2.45) is 4.99 Å². The predicted molar refractivity (Wildman–Crippen MR) is 84.3 cm³/mol. The molecule has 22 heavy (non-hydrogen) atoms. The minimum atomic E-state index is -4.08. The maximum absolute atomic E-state index is 12.0. The number of nitrogens with zero attached hydrogens (tertiary/aromatic N) is 1. The van der Waals surface area contributed by atoms with E-state index in [4.69, 9.17) is 11.6 Å². The van der Waals surface area contributed by atoms with E-state index >= 15 is 0 Å². The Morgan fingerprint density at radius 3 is 2.41 bits per heavy atom. The van der Waals surface area contributed by atoms with Crippen LogP contribution in [0, 0.1) is 0 Å². The van der Waals surface area contributed by atoms with Crippen LogP contribution in [-0.2, 0) is 0 Å². The van der Waals surface area contributed by atoms with Crippen LogP contribution in [0.15, 0.2) is 29.3 Å². The van der Waals surface area contributed by atoms with E-state index in [1.807, 2.05) is 31.2 Å². The van der Waals surface area contributed by atoms with Crippen molar-refractivity contribution in [1.82, 2.24) is 10.6 Å². The molecule has 0 bridgehead atoms. The van der Waals surface area contributed by atoms with Gasteiger partial charge in [0.2, 0.25) is 0 Å². The van der Waals surface area contributed by atoms with Crippen LogP contribution in [0.3, 0.4) is 0 Å². The third-order valence-electron chi connectivity index (χ3n) is 3.13. The molecule has 1 aromatic rings. The second-order valence-electron chi connectivity index (χ2n) is 4.99. The molecule has 0 aromatic heterocycles. The summed E-state index contributed by atoms with van der Waals surface area (Å²) in [6, 6.07) is 7.46. The lowest BCUT2D eigenvalue weighted by Gasteiger charge is -2.18. The van der Waals surface area contributed by atoms with Gasteiger partial charge in [-0.15, -0.1) is 0 Å². The van der Waals surface area contributed by atoms with Crippen LogP contribution in [0.4, 0.5) is 13.2 Å². The fourth-order valence-corrected chi connectivity index (χ4v) is 2.02. The molecule has 0 fully saturated rings. The maximum Gasteiger partial charge on any atom is 0.389 e. The van der Waals surface area contributed by atoms with Crippen LogP contribution in [-0.4, -0.2) is 25.7 Å². The first-order valence-corrected chi connectivity index (χ1v) is 7.49. The van der Waals surface area contributed by atoms with Crippen molar-refractivity contribution in [1.29, 1.82) is 0 Å². The molecule has 0 amide bonds. The Bertz CT molecular complexity index is 472. The zero-order valence-corrected chi connectivity index (χ0v) is 13.4. The van der Waals surface area contributed by atoms with Gasteiger partial charge in [-0.1, -0.05) is 23.7 Å². The van der Waals surface area contributed by atoms with Gasteiger partial charge in [-0.3, -0.25) is 4.99 Å². The zero-order valence-electron chi connectivity index (χ0n) is 12.7. The second-order valence-corrected chi connectivity index (χ2v) is 5.43. The Hall–Kier alpha value is -1.43. The number of guanidine groups is 1. The van der Waals surface area contributed by atoms with Gasteiger partial charge in [-0.25, -0.2) is 0 Å². The highest BCUT2D eigenvalue weighted by Crippen LogP contribution is 2.21. The Morgan fingerprint density at radius 1 is 1.23 bits per heavy atom. The van der Waals surface area contributed by atoms with Crippen molar-refractivity contribution in [2.45, 2.75) is 38.4 Å². The monoisotopic (exact) mass is 335 g/mol. The quantitative estimate of drug-likeness (QED) is 0.462. The Balaban J connectivity index is 2.34. The van der Waals surface area contributed by atoms with Crippen molar-refractivity contribution in [2.75, 3.05) is 13.6 Å². The number of aliphatic imine (C=N–C) groups is 1. The van der Waals surface area contributed by atoms with Crippen LogP contribution in [0.1, 0.15) is 37.8 Å². The molecule has 1 unspecified atom stereocenters. The van der Waals surface area contributed by atoms with Gasteiger partial charge in [0.1, 0.15) is 0 Å². The number of rotatable bonds is 6. The van der Waals surface area contributed by atoms with Crippen LogP contribution in [0.25, 0.3) is 0 Å². The third-order valence-corrected chi connectivity index (χ3v) is 3.38. The lowest BCUT2D eigenvalue weighted by molar-refractivity contribution is -0.135. The summed E-state index contributed by atoms with van der Waals surface area (Å²) in [5, 5.41) is 6.87. The molecular formula is C15H21ClF3N3. The van der Waals surface area contributed by atoms with Crippen molar-refractivity contribution >= 4 is 17.6 Å². The van der Waals surface area contributed by atoms with Crippen LogP contribution < -0.4 is 10.6 Å². The molecule has 0 aliphatic heterocycles. The highest BCUT2D eigenvalue weighted by atomic mass is 35.5. The number of nitrogens with one attached hydrogen (secondary N) is 2. The number of halogens is 4. The Kier molecular flexibility index (Phi) is 7.51. The summed E-state index contributed by atoms with van der Waals surface area (Å²) in [6.07, 6.45) is -4.28. The summed E-state index contributed by atoms with van der Waals surface area (Å²) in [7, 11) is 1.62. The molecule has 0 saturated heterocycles. The minimum absolute atomic E-state index is 0.0126. The first-order valence-electron chi connectivity index (χ1n) is 7.11. The molecule has 0 spiro atoms. The molecule has 1 rings (SSSR count). The van der Waals surface area contributed by atoms with E-state index in [1.54, 1.807) is 7.05 Å².